The molecule has 84 valence electrons. The fourth-order valence-corrected chi connectivity index (χ4v) is 1.51. The third-order valence-electron chi connectivity index (χ3n) is 2.03. The first-order valence-electron chi connectivity index (χ1n) is 4.78. The van der Waals surface area contributed by atoms with E-state index in [-0.39, 0.29) is 0 Å². The highest BCUT2D eigenvalue weighted by atomic mass is 79.9. The zero-order valence-corrected chi connectivity index (χ0v) is 10.3. The monoisotopic (exact) mass is 282 g/mol. The predicted molar refractivity (Wildman–Crippen MR) is 65.5 cm³/mol. The molecule has 2 aromatic heterocycles. The van der Waals surface area contributed by atoms with Crippen molar-refractivity contribution in [2.24, 2.45) is 0 Å². The normalized spacial score (nSPS) is 10.4. The Bertz CT molecular complexity index is 469. The average Bonchev–Trinajstić information content (AvgIpc) is 2.81. The molecule has 0 atom stereocenters. The van der Waals surface area contributed by atoms with Crippen LogP contribution < -0.4 is 9.66 Å². The Hall–Kier alpha value is -1.63. The first-order chi connectivity index (χ1) is 7.72. The van der Waals surface area contributed by atoms with Gasteiger partial charge in [0, 0.05) is 35.1 Å². The lowest BCUT2D eigenvalue weighted by Crippen LogP contribution is -2.13. The summed E-state index contributed by atoms with van der Waals surface area (Å²) in [5.41, 5.74) is 6.59. The van der Waals surface area contributed by atoms with Crippen LogP contribution in [0.4, 0.5) is 11.5 Å². The van der Waals surface area contributed by atoms with Crippen LogP contribution in [0.25, 0.3) is 5.95 Å². The molecule has 2 aromatic rings. The Morgan fingerprint density at radius 2 is 2.38 bits per heavy atom. The van der Waals surface area contributed by atoms with Crippen molar-refractivity contribution in [3.63, 3.8) is 0 Å². The van der Waals surface area contributed by atoms with Crippen molar-refractivity contribution in [3.05, 3.63) is 24.7 Å². The molecular weight excluding hydrogens is 272 g/mol. The molecule has 2 N–H and O–H groups in total. The van der Waals surface area contributed by atoms with E-state index in [4.69, 9.17) is 5.73 Å². The van der Waals surface area contributed by atoms with E-state index < -0.39 is 0 Å². The van der Waals surface area contributed by atoms with Crippen LogP contribution in [0.15, 0.2) is 24.7 Å². The van der Waals surface area contributed by atoms with Crippen LogP contribution in [0.1, 0.15) is 6.92 Å². The Morgan fingerprint density at radius 1 is 1.56 bits per heavy atom. The fraction of sp³-hybridized carbons (Fsp3) is 0.222. The summed E-state index contributed by atoms with van der Waals surface area (Å²) in [5.74, 6) is 0.877. The van der Waals surface area contributed by atoms with Crippen molar-refractivity contribution in [3.8, 4) is 5.95 Å². The highest BCUT2D eigenvalue weighted by Crippen LogP contribution is 2.23. The van der Waals surface area contributed by atoms with Crippen molar-refractivity contribution in [2.45, 2.75) is 6.92 Å². The van der Waals surface area contributed by atoms with E-state index in [0.29, 0.717) is 11.8 Å². The Kier molecular flexibility index (Phi) is 3.04. The second kappa shape index (κ2) is 4.48. The molecule has 0 aliphatic carbocycles. The topological polar surface area (TPSA) is 72.9 Å². The van der Waals surface area contributed by atoms with Gasteiger partial charge >= 0.3 is 0 Å². The van der Waals surface area contributed by atoms with Gasteiger partial charge in [-0.3, -0.25) is 0 Å². The minimum absolute atomic E-state index is 0.416. The van der Waals surface area contributed by atoms with Crippen molar-refractivity contribution in [1.82, 2.24) is 19.7 Å². The number of aromatic nitrogens is 4. The molecular formula is C9H11BrN6. The van der Waals surface area contributed by atoms with Crippen LogP contribution in [-0.4, -0.2) is 26.3 Å². The standard InChI is InChI=1S/C9H11BrN6/c1-2-15(10)7-6-12-9(14-8(7)11)16-5-3-4-13-16/h3-6H,2H2,1H3,(H2,11,12,14). The van der Waals surface area contributed by atoms with Crippen molar-refractivity contribution < 1.29 is 0 Å². The van der Waals surface area contributed by atoms with Crippen LogP contribution in [-0.2, 0) is 0 Å². The molecule has 2 heterocycles. The zero-order valence-electron chi connectivity index (χ0n) is 8.71. The molecule has 0 aliphatic rings. The highest BCUT2D eigenvalue weighted by molar-refractivity contribution is 9.10. The van der Waals surface area contributed by atoms with E-state index in [1.807, 2.05) is 6.92 Å². The summed E-state index contributed by atoms with van der Waals surface area (Å²) in [4.78, 5) is 8.37. The van der Waals surface area contributed by atoms with Crippen LogP contribution >= 0.6 is 16.1 Å². The summed E-state index contributed by atoms with van der Waals surface area (Å²) in [7, 11) is 0. The number of anilines is 2. The van der Waals surface area contributed by atoms with Crippen molar-refractivity contribution in [2.75, 3.05) is 16.2 Å². The Morgan fingerprint density at radius 3 is 2.94 bits per heavy atom. The van der Waals surface area contributed by atoms with Gasteiger partial charge in [0.2, 0.25) is 0 Å². The van der Waals surface area contributed by atoms with Gasteiger partial charge in [-0.15, -0.1) is 0 Å². The van der Waals surface area contributed by atoms with Gasteiger partial charge in [-0.05, 0) is 13.0 Å². The summed E-state index contributed by atoms with van der Waals surface area (Å²) < 4.78 is 3.36. The SMILES string of the molecule is CCN(Br)c1cnc(-n2cccn2)nc1N. The van der Waals surface area contributed by atoms with E-state index in [9.17, 15) is 0 Å². The molecule has 0 radical (unpaired) electrons. The number of hydrogen-bond donors (Lipinski definition) is 1. The van der Waals surface area contributed by atoms with Gasteiger partial charge in [0.1, 0.15) is 5.69 Å². The summed E-state index contributed by atoms with van der Waals surface area (Å²) >= 11 is 3.36. The van der Waals surface area contributed by atoms with E-state index >= 15 is 0 Å². The van der Waals surface area contributed by atoms with E-state index in [2.05, 4.69) is 31.2 Å². The average molecular weight is 283 g/mol. The van der Waals surface area contributed by atoms with E-state index in [0.717, 1.165) is 12.2 Å². The van der Waals surface area contributed by atoms with Crippen LogP contribution in [0, 0.1) is 0 Å². The van der Waals surface area contributed by atoms with Gasteiger partial charge in [0.15, 0.2) is 5.82 Å². The van der Waals surface area contributed by atoms with Gasteiger partial charge in [-0.1, -0.05) is 0 Å². The molecule has 0 aromatic carbocycles. The lowest BCUT2D eigenvalue weighted by molar-refractivity contribution is 0.809. The van der Waals surface area contributed by atoms with Gasteiger partial charge in [-0.2, -0.15) is 10.1 Å². The number of nitrogens with zero attached hydrogens (tertiary/aromatic N) is 5. The Labute approximate surface area is 101 Å². The maximum atomic E-state index is 5.84. The quantitative estimate of drug-likeness (QED) is 0.861. The molecule has 0 saturated heterocycles. The molecule has 2 rings (SSSR count). The molecule has 6 nitrogen and oxygen atoms in total. The molecule has 0 fully saturated rings. The number of halogens is 1. The van der Waals surface area contributed by atoms with Crippen molar-refractivity contribution >= 4 is 27.7 Å². The third kappa shape index (κ3) is 1.99. The van der Waals surface area contributed by atoms with E-state index in [1.165, 1.54) is 0 Å². The molecule has 0 aliphatic heterocycles. The molecule has 0 saturated carbocycles. The molecule has 16 heavy (non-hydrogen) atoms. The smallest absolute Gasteiger partial charge is 0.252 e. The van der Waals surface area contributed by atoms with Gasteiger partial charge in [0.25, 0.3) is 5.95 Å². The molecule has 0 bridgehead atoms. The molecule has 0 spiro atoms. The van der Waals surface area contributed by atoms with Crippen LogP contribution in [0.2, 0.25) is 0 Å². The molecule has 7 heteroatoms. The van der Waals surface area contributed by atoms with Crippen LogP contribution in [0.3, 0.4) is 0 Å². The summed E-state index contributed by atoms with van der Waals surface area (Å²) in [6, 6.07) is 1.80. The first-order valence-corrected chi connectivity index (χ1v) is 5.49. The van der Waals surface area contributed by atoms with Gasteiger partial charge in [0.05, 0.1) is 6.20 Å². The van der Waals surface area contributed by atoms with Crippen molar-refractivity contribution in [1.29, 1.82) is 0 Å². The lowest BCUT2D eigenvalue weighted by Gasteiger charge is -2.15. The third-order valence-corrected chi connectivity index (χ3v) is 2.92. The second-order valence-corrected chi connectivity index (χ2v) is 3.93. The number of nitrogens with two attached hydrogens (primary N) is 1. The highest BCUT2D eigenvalue weighted by Gasteiger charge is 2.09. The van der Waals surface area contributed by atoms with Gasteiger partial charge in [-0.25, -0.2) is 9.67 Å². The first kappa shape index (κ1) is 10.9. The Balaban J connectivity index is 2.37. The number of hydrogen-bond acceptors (Lipinski definition) is 5. The number of rotatable bonds is 3. The zero-order chi connectivity index (χ0) is 11.5. The maximum absolute atomic E-state index is 5.84. The summed E-state index contributed by atoms with van der Waals surface area (Å²) in [6.45, 7) is 2.77. The maximum Gasteiger partial charge on any atom is 0.252 e. The number of nitrogen functional groups attached to an aromatic ring is 1. The van der Waals surface area contributed by atoms with E-state index in [1.54, 1.807) is 33.3 Å². The summed E-state index contributed by atoms with van der Waals surface area (Å²) in [5, 5.41) is 4.03. The van der Waals surface area contributed by atoms with Gasteiger partial charge < -0.3 is 9.66 Å². The van der Waals surface area contributed by atoms with Crippen LogP contribution in [0.5, 0.6) is 0 Å². The lowest BCUT2D eigenvalue weighted by atomic mass is 10.4. The fourth-order valence-electron chi connectivity index (χ4n) is 1.23. The molecule has 0 amide bonds. The predicted octanol–water partition coefficient (Wildman–Crippen LogP) is 1.38. The minimum Gasteiger partial charge on any atom is -0.382 e. The second-order valence-electron chi connectivity index (χ2n) is 3.07. The minimum atomic E-state index is 0.416. The molecule has 0 unspecified atom stereocenters. The summed E-state index contributed by atoms with van der Waals surface area (Å²) in [6.07, 6.45) is 5.09. The largest absolute Gasteiger partial charge is 0.382 e.